The van der Waals surface area contributed by atoms with Gasteiger partial charge in [-0.2, -0.15) is 0 Å². The predicted octanol–water partition coefficient (Wildman–Crippen LogP) is -0.878. The van der Waals surface area contributed by atoms with Crippen LogP contribution in [0.25, 0.3) is 0 Å². The minimum absolute atomic E-state index is 0.0683. The highest BCUT2D eigenvalue weighted by Crippen LogP contribution is 2.05. The SMILES string of the molecule is C#CC[N+](CCO)(CCO)CCN=C. The summed E-state index contributed by atoms with van der Waals surface area (Å²) in [6, 6.07) is 0. The van der Waals surface area contributed by atoms with Gasteiger partial charge in [0.2, 0.25) is 0 Å². The summed E-state index contributed by atoms with van der Waals surface area (Å²) < 4.78 is 0.516. The maximum Gasteiger partial charge on any atom is 0.140 e. The van der Waals surface area contributed by atoms with Crippen molar-refractivity contribution in [2.24, 2.45) is 4.99 Å². The highest BCUT2D eigenvalue weighted by Gasteiger charge is 2.24. The Bertz CT molecular complexity index is 193. The molecule has 0 aromatic rings. The number of aliphatic hydroxyl groups is 2. The van der Waals surface area contributed by atoms with Crippen LogP contribution in [-0.2, 0) is 0 Å². The van der Waals surface area contributed by atoms with E-state index in [1.807, 2.05) is 0 Å². The highest BCUT2D eigenvalue weighted by atomic mass is 16.3. The van der Waals surface area contributed by atoms with Gasteiger partial charge in [0.25, 0.3) is 0 Å². The number of aliphatic hydroxyl groups excluding tert-OH is 2. The number of nitrogens with zero attached hydrogens (tertiary/aromatic N) is 2. The Morgan fingerprint density at radius 2 is 1.79 bits per heavy atom. The third-order valence-electron chi connectivity index (χ3n) is 2.31. The lowest BCUT2D eigenvalue weighted by Gasteiger charge is -2.35. The topological polar surface area (TPSA) is 52.8 Å². The molecule has 4 heteroatoms. The smallest absolute Gasteiger partial charge is 0.140 e. The molecular weight excluding hydrogens is 180 g/mol. The monoisotopic (exact) mass is 199 g/mol. The zero-order valence-electron chi connectivity index (χ0n) is 8.52. The number of hydrogen-bond acceptors (Lipinski definition) is 3. The lowest BCUT2D eigenvalue weighted by atomic mass is 10.3. The number of rotatable bonds is 8. The van der Waals surface area contributed by atoms with Crippen LogP contribution in [0.2, 0.25) is 0 Å². The second kappa shape index (κ2) is 7.51. The molecule has 0 amide bonds. The minimum atomic E-state index is 0.0683. The van der Waals surface area contributed by atoms with Crippen LogP contribution in [0.15, 0.2) is 4.99 Å². The van der Waals surface area contributed by atoms with Crippen LogP contribution in [0.4, 0.5) is 0 Å². The average Bonchev–Trinajstić information content (AvgIpc) is 2.16. The Morgan fingerprint density at radius 1 is 1.21 bits per heavy atom. The number of terminal acetylenes is 1. The number of quaternary nitrogens is 1. The summed E-state index contributed by atoms with van der Waals surface area (Å²) in [5.41, 5.74) is 0. The first-order valence-corrected chi connectivity index (χ1v) is 4.67. The number of hydrogen-bond donors (Lipinski definition) is 2. The molecule has 0 bridgehead atoms. The van der Waals surface area contributed by atoms with Crippen molar-refractivity contribution in [3.05, 3.63) is 0 Å². The normalized spacial score (nSPS) is 10.9. The first kappa shape index (κ1) is 13.1. The van der Waals surface area contributed by atoms with Gasteiger partial charge in [0, 0.05) is 0 Å². The van der Waals surface area contributed by atoms with Gasteiger partial charge in [-0.1, -0.05) is 0 Å². The van der Waals surface area contributed by atoms with Crippen molar-refractivity contribution in [3.63, 3.8) is 0 Å². The van der Waals surface area contributed by atoms with Crippen molar-refractivity contribution < 1.29 is 14.7 Å². The average molecular weight is 199 g/mol. The van der Waals surface area contributed by atoms with Crippen molar-refractivity contribution in [1.29, 1.82) is 0 Å². The van der Waals surface area contributed by atoms with Crippen LogP contribution in [0.5, 0.6) is 0 Å². The van der Waals surface area contributed by atoms with E-state index >= 15 is 0 Å². The molecule has 0 aliphatic carbocycles. The lowest BCUT2D eigenvalue weighted by Crippen LogP contribution is -2.53. The van der Waals surface area contributed by atoms with Gasteiger partial charge in [0.15, 0.2) is 0 Å². The van der Waals surface area contributed by atoms with E-state index in [0.717, 1.165) is 6.54 Å². The molecule has 0 radical (unpaired) electrons. The molecule has 0 aromatic carbocycles. The van der Waals surface area contributed by atoms with Gasteiger partial charge in [-0.05, 0) is 12.6 Å². The number of aliphatic imine (C=N–C) groups is 1. The second-order valence-electron chi connectivity index (χ2n) is 3.27. The van der Waals surface area contributed by atoms with Gasteiger partial charge in [-0.25, -0.2) is 0 Å². The van der Waals surface area contributed by atoms with Gasteiger partial charge in [-0.15, -0.1) is 6.42 Å². The molecule has 0 aliphatic heterocycles. The van der Waals surface area contributed by atoms with Crippen LogP contribution in [0.1, 0.15) is 0 Å². The molecule has 0 aliphatic rings. The van der Waals surface area contributed by atoms with Crippen molar-refractivity contribution >= 4 is 6.72 Å². The van der Waals surface area contributed by atoms with Crippen LogP contribution in [0, 0.1) is 12.3 Å². The molecule has 0 saturated carbocycles. The fourth-order valence-corrected chi connectivity index (χ4v) is 1.47. The van der Waals surface area contributed by atoms with E-state index in [4.69, 9.17) is 16.6 Å². The third-order valence-corrected chi connectivity index (χ3v) is 2.31. The zero-order valence-corrected chi connectivity index (χ0v) is 8.52. The third kappa shape index (κ3) is 4.38. The highest BCUT2D eigenvalue weighted by molar-refractivity contribution is 5.23. The molecular formula is C10H19N2O2+. The van der Waals surface area contributed by atoms with Crippen molar-refractivity contribution in [2.45, 2.75) is 0 Å². The summed E-state index contributed by atoms with van der Waals surface area (Å²) in [6.07, 6.45) is 5.27. The molecule has 14 heavy (non-hydrogen) atoms. The minimum Gasteiger partial charge on any atom is -0.391 e. The summed E-state index contributed by atoms with van der Waals surface area (Å²) in [5, 5.41) is 17.9. The first-order valence-electron chi connectivity index (χ1n) is 4.67. The van der Waals surface area contributed by atoms with Crippen molar-refractivity contribution in [2.75, 3.05) is 45.9 Å². The molecule has 0 aromatic heterocycles. The molecule has 2 N–H and O–H groups in total. The summed E-state index contributed by atoms with van der Waals surface area (Å²) in [5.74, 6) is 2.58. The quantitative estimate of drug-likeness (QED) is 0.303. The van der Waals surface area contributed by atoms with E-state index in [1.54, 1.807) is 0 Å². The predicted molar refractivity (Wildman–Crippen MR) is 57.1 cm³/mol. The van der Waals surface area contributed by atoms with E-state index in [-0.39, 0.29) is 13.2 Å². The molecule has 0 heterocycles. The molecule has 0 atom stereocenters. The summed E-state index contributed by atoms with van der Waals surface area (Å²) in [7, 11) is 0. The molecule has 0 fully saturated rings. The van der Waals surface area contributed by atoms with Crippen LogP contribution in [-0.4, -0.2) is 67.4 Å². The Balaban J connectivity index is 4.38. The fourth-order valence-electron chi connectivity index (χ4n) is 1.47. The fraction of sp³-hybridized carbons (Fsp3) is 0.700. The Morgan fingerprint density at radius 3 is 2.14 bits per heavy atom. The van der Waals surface area contributed by atoms with Crippen molar-refractivity contribution in [1.82, 2.24) is 0 Å². The summed E-state index contributed by atoms with van der Waals surface area (Å²) in [4.78, 5) is 3.77. The first-order chi connectivity index (χ1) is 6.74. The van der Waals surface area contributed by atoms with E-state index in [0.29, 0.717) is 30.7 Å². The molecule has 80 valence electrons. The molecule has 0 saturated heterocycles. The Labute approximate surface area is 85.5 Å². The molecule has 0 unspecified atom stereocenters. The lowest BCUT2D eigenvalue weighted by molar-refractivity contribution is -0.920. The second-order valence-corrected chi connectivity index (χ2v) is 3.27. The molecule has 0 rings (SSSR count). The van der Waals surface area contributed by atoms with E-state index in [1.165, 1.54) is 0 Å². The van der Waals surface area contributed by atoms with Crippen molar-refractivity contribution in [3.8, 4) is 12.3 Å². The molecule has 0 spiro atoms. The van der Waals surface area contributed by atoms with Crippen LogP contribution in [0.3, 0.4) is 0 Å². The zero-order chi connectivity index (χ0) is 10.9. The molecule has 4 nitrogen and oxygen atoms in total. The summed E-state index contributed by atoms with van der Waals surface area (Å²) >= 11 is 0. The van der Waals surface area contributed by atoms with Gasteiger partial charge < -0.3 is 14.7 Å². The summed E-state index contributed by atoms with van der Waals surface area (Å²) in [6.45, 7) is 6.48. The Kier molecular flexibility index (Phi) is 7.03. The maximum absolute atomic E-state index is 8.94. The maximum atomic E-state index is 8.94. The van der Waals surface area contributed by atoms with E-state index < -0.39 is 0 Å². The van der Waals surface area contributed by atoms with E-state index in [2.05, 4.69) is 17.6 Å². The Hall–Kier alpha value is -0.890. The van der Waals surface area contributed by atoms with Gasteiger partial charge in [-0.3, -0.25) is 4.99 Å². The van der Waals surface area contributed by atoms with Gasteiger partial charge in [0.1, 0.15) is 19.6 Å². The van der Waals surface area contributed by atoms with Crippen LogP contribution < -0.4 is 0 Å². The van der Waals surface area contributed by atoms with Crippen LogP contribution >= 0.6 is 0 Å². The van der Waals surface area contributed by atoms with Gasteiger partial charge in [0.05, 0.1) is 26.3 Å². The standard InChI is InChI=1S/C10H19N2O2/c1-3-5-12(7-9-13,8-10-14)6-4-11-2/h1,13-14H,2,4-10H2/q+1. The van der Waals surface area contributed by atoms with Gasteiger partial charge >= 0.3 is 0 Å². The largest absolute Gasteiger partial charge is 0.391 e. The van der Waals surface area contributed by atoms with E-state index in [9.17, 15) is 0 Å².